The normalized spacial score (nSPS) is 10.7. The Morgan fingerprint density at radius 2 is 1.83 bits per heavy atom. The molecule has 9 nitrogen and oxygen atoms in total. The Labute approximate surface area is 165 Å². The fourth-order valence-corrected chi connectivity index (χ4v) is 2.85. The summed E-state index contributed by atoms with van der Waals surface area (Å²) in [6.07, 6.45) is 1.29. The summed E-state index contributed by atoms with van der Waals surface area (Å²) in [7, 11) is 0. The number of imidazole rings is 2. The third kappa shape index (κ3) is 3.79. The van der Waals surface area contributed by atoms with Crippen molar-refractivity contribution in [3.63, 3.8) is 0 Å². The van der Waals surface area contributed by atoms with Gasteiger partial charge < -0.3 is 20.0 Å². The van der Waals surface area contributed by atoms with E-state index in [1.54, 1.807) is 24.3 Å². The Hall–Kier alpha value is -4.14. The SMILES string of the molecule is CCOc1ccccc1NC(=O)c1nc[nH]c1C(=O)Nc1nc2ccccc2[nH]1. The van der Waals surface area contributed by atoms with E-state index < -0.39 is 11.8 Å². The quantitative estimate of drug-likeness (QED) is 0.402. The number of carbonyl (C=O) groups excluding carboxylic acids is 2. The lowest BCUT2D eigenvalue weighted by Crippen LogP contribution is -2.21. The molecular formula is C20H18N6O3. The van der Waals surface area contributed by atoms with Gasteiger partial charge in [-0.2, -0.15) is 0 Å². The molecule has 4 aromatic rings. The van der Waals surface area contributed by atoms with E-state index in [0.717, 1.165) is 11.0 Å². The number of anilines is 2. The second-order valence-electron chi connectivity index (χ2n) is 6.07. The first-order valence-electron chi connectivity index (χ1n) is 8.98. The first-order valence-corrected chi connectivity index (χ1v) is 8.98. The minimum atomic E-state index is -0.537. The van der Waals surface area contributed by atoms with Gasteiger partial charge in [-0.05, 0) is 31.2 Å². The molecular weight excluding hydrogens is 372 g/mol. The first kappa shape index (κ1) is 18.2. The van der Waals surface area contributed by atoms with Gasteiger partial charge in [-0.25, -0.2) is 9.97 Å². The van der Waals surface area contributed by atoms with E-state index in [4.69, 9.17) is 4.74 Å². The molecule has 0 fully saturated rings. The van der Waals surface area contributed by atoms with Crippen molar-refractivity contribution in [3.05, 3.63) is 66.2 Å². The van der Waals surface area contributed by atoms with Crippen LogP contribution in [-0.4, -0.2) is 38.4 Å². The number of H-pyrrole nitrogens is 2. The molecule has 0 spiro atoms. The highest BCUT2D eigenvalue weighted by Crippen LogP contribution is 2.24. The molecule has 0 saturated heterocycles. The number of hydrogen-bond acceptors (Lipinski definition) is 5. The third-order valence-electron chi connectivity index (χ3n) is 4.14. The monoisotopic (exact) mass is 390 g/mol. The Bertz CT molecular complexity index is 1150. The molecule has 0 atom stereocenters. The zero-order chi connectivity index (χ0) is 20.2. The van der Waals surface area contributed by atoms with Gasteiger partial charge in [0.2, 0.25) is 5.95 Å². The van der Waals surface area contributed by atoms with Gasteiger partial charge in [-0.1, -0.05) is 24.3 Å². The molecule has 0 aliphatic heterocycles. The maximum Gasteiger partial charge on any atom is 0.276 e. The van der Waals surface area contributed by atoms with Crippen molar-refractivity contribution in [2.24, 2.45) is 0 Å². The van der Waals surface area contributed by atoms with Crippen LogP contribution in [0.1, 0.15) is 27.9 Å². The number of fused-ring (bicyclic) bond motifs is 1. The van der Waals surface area contributed by atoms with E-state index in [1.165, 1.54) is 6.33 Å². The van der Waals surface area contributed by atoms with Gasteiger partial charge in [0.05, 0.1) is 29.7 Å². The highest BCUT2D eigenvalue weighted by atomic mass is 16.5. The van der Waals surface area contributed by atoms with Crippen molar-refractivity contribution in [2.45, 2.75) is 6.92 Å². The highest BCUT2D eigenvalue weighted by Gasteiger charge is 2.22. The minimum absolute atomic E-state index is 0.0249. The van der Waals surface area contributed by atoms with Crippen LogP contribution in [0, 0.1) is 0 Å². The van der Waals surface area contributed by atoms with Gasteiger partial charge in [-0.3, -0.25) is 14.9 Å². The van der Waals surface area contributed by atoms with Crippen molar-refractivity contribution >= 4 is 34.5 Å². The van der Waals surface area contributed by atoms with Gasteiger partial charge >= 0.3 is 0 Å². The molecule has 0 bridgehead atoms. The van der Waals surface area contributed by atoms with Crippen molar-refractivity contribution in [3.8, 4) is 5.75 Å². The molecule has 146 valence electrons. The minimum Gasteiger partial charge on any atom is -0.492 e. The van der Waals surface area contributed by atoms with E-state index in [0.29, 0.717) is 18.0 Å². The number of para-hydroxylation sites is 4. The van der Waals surface area contributed by atoms with Gasteiger partial charge in [0.1, 0.15) is 11.4 Å². The largest absolute Gasteiger partial charge is 0.492 e. The molecule has 2 amide bonds. The standard InChI is InChI=1S/C20H18N6O3/c1-2-29-15-10-6-5-9-14(15)23-18(27)16-17(22-11-21-16)19(28)26-20-24-12-7-3-4-8-13(12)25-20/h3-11H,2H2,1H3,(H,21,22)(H,23,27)(H2,24,25,26,28). The number of nitrogens with zero attached hydrogens (tertiary/aromatic N) is 2. The van der Waals surface area contributed by atoms with Crippen molar-refractivity contribution in [1.29, 1.82) is 0 Å². The van der Waals surface area contributed by atoms with Crippen molar-refractivity contribution in [1.82, 2.24) is 19.9 Å². The van der Waals surface area contributed by atoms with E-state index in [-0.39, 0.29) is 17.3 Å². The van der Waals surface area contributed by atoms with E-state index in [1.807, 2.05) is 31.2 Å². The lowest BCUT2D eigenvalue weighted by molar-refractivity contribution is 0.0985. The van der Waals surface area contributed by atoms with Crippen LogP contribution in [0.4, 0.5) is 11.6 Å². The van der Waals surface area contributed by atoms with Crippen LogP contribution in [0.2, 0.25) is 0 Å². The number of rotatable bonds is 6. The highest BCUT2D eigenvalue weighted by molar-refractivity contribution is 6.13. The average molecular weight is 390 g/mol. The summed E-state index contributed by atoms with van der Waals surface area (Å²) in [5.41, 5.74) is 1.99. The van der Waals surface area contributed by atoms with Crippen LogP contribution >= 0.6 is 0 Å². The Kier molecular flexibility index (Phi) is 4.93. The second kappa shape index (κ2) is 7.85. The molecule has 4 N–H and O–H groups in total. The maximum absolute atomic E-state index is 12.7. The van der Waals surface area contributed by atoms with E-state index >= 15 is 0 Å². The average Bonchev–Trinajstić information content (AvgIpc) is 3.36. The summed E-state index contributed by atoms with van der Waals surface area (Å²) in [6.45, 7) is 2.31. The first-order chi connectivity index (χ1) is 14.2. The van der Waals surface area contributed by atoms with Crippen LogP contribution in [0.3, 0.4) is 0 Å². The third-order valence-corrected chi connectivity index (χ3v) is 4.14. The summed E-state index contributed by atoms with van der Waals surface area (Å²) in [6, 6.07) is 14.4. The molecule has 2 heterocycles. The lowest BCUT2D eigenvalue weighted by atomic mass is 10.2. The summed E-state index contributed by atoms with van der Waals surface area (Å²) in [5.74, 6) is -0.260. The summed E-state index contributed by atoms with van der Waals surface area (Å²) in [4.78, 5) is 39.4. The summed E-state index contributed by atoms with van der Waals surface area (Å²) < 4.78 is 5.51. The number of aromatic amines is 2. The lowest BCUT2D eigenvalue weighted by Gasteiger charge is -2.11. The smallest absolute Gasteiger partial charge is 0.276 e. The van der Waals surface area contributed by atoms with Crippen LogP contribution in [0.5, 0.6) is 5.75 Å². The summed E-state index contributed by atoms with van der Waals surface area (Å²) >= 11 is 0. The molecule has 4 rings (SSSR count). The molecule has 2 aromatic carbocycles. The van der Waals surface area contributed by atoms with Crippen molar-refractivity contribution in [2.75, 3.05) is 17.2 Å². The van der Waals surface area contributed by atoms with Crippen LogP contribution in [0.25, 0.3) is 11.0 Å². The van der Waals surface area contributed by atoms with E-state index in [2.05, 4.69) is 30.6 Å². The van der Waals surface area contributed by atoms with E-state index in [9.17, 15) is 9.59 Å². The number of nitrogens with one attached hydrogen (secondary N) is 4. The molecule has 0 aliphatic carbocycles. The Morgan fingerprint density at radius 3 is 2.66 bits per heavy atom. The van der Waals surface area contributed by atoms with Crippen LogP contribution in [0.15, 0.2) is 54.9 Å². The fourth-order valence-electron chi connectivity index (χ4n) is 2.85. The molecule has 0 saturated carbocycles. The van der Waals surface area contributed by atoms with Crippen molar-refractivity contribution < 1.29 is 14.3 Å². The molecule has 29 heavy (non-hydrogen) atoms. The summed E-state index contributed by atoms with van der Waals surface area (Å²) in [5, 5.41) is 5.37. The predicted octanol–water partition coefficient (Wildman–Crippen LogP) is 3.19. The predicted molar refractivity (Wildman–Crippen MR) is 108 cm³/mol. The molecule has 0 unspecified atom stereocenters. The van der Waals surface area contributed by atoms with Crippen LogP contribution < -0.4 is 15.4 Å². The van der Waals surface area contributed by atoms with Gasteiger partial charge in [-0.15, -0.1) is 0 Å². The number of ether oxygens (including phenoxy) is 1. The van der Waals surface area contributed by atoms with Gasteiger partial charge in [0, 0.05) is 0 Å². The van der Waals surface area contributed by atoms with Gasteiger partial charge in [0.15, 0.2) is 5.69 Å². The number of benzene rings is 2. The number of amides is 2. The van der Waals surface area contributed by atoms with Gasteiger partial charge in [0.25, 0.3) is 11.8 Å². The Morgan fingerprint density at radius 1 is 1.03 bits per heavy atom. The number of carbonyl (C=O) groups is 2. The topological polar surface area (TPSA) is 125 Å². The zero-order valence-corrected chi connectivity index (χ0v) is 15.5. The second-order valence-corrected chi connectivity index (χ2v) is 6.07. The molecule has 9 heteroatoms. The number of aromatic nitrogens is 4. The molecule has 2 aromatic heterocycles. The maximum atomic E-state index is 12.7. The fraction of sp³-hybridized carbons (Fsp3) is 0.100. The number of hydrogen-bond donors (Lipinski definition) is 4. The zero-order valence-electron chi connectivity index (χ0n) is 15.5. The molecule has 0 radical (unpaired) electrons. The van der Waals surface area contributed by atoms with Crippen LogP contribution in [-0.2, 0) is 0 Å². The molecule has 0 aliphatic rings. The Balaban J connectivity index is 1.53.